The quantitative estimate of drug-likeness (QED) is 0.527. The molecule has 2 heterocycles. The first-order chi connectivity index (χ1) is 13.0. The highest BCUT2D eigenvalue weighted by atomic mass is 16.6. The lowest BCUT2D eigenvalue weighted by Gasteiger charge is -2.35. The molecule has 1 aromatic heterocycles. The van der Waals surface area contributed by atoms with Gasteiger partial charge in [0.15, 0.2) is 0 Å². The summed E-state index contributed by atoms with van der Waals surface area (Å²) in [5.74, 6) is 0.945. The van der Waals surface area contributed by atoms with Gasteiger partial charge in [-0.15, -0.1) is 0 Å². The van der Waals surface area contributed by atoms with Crippen LogP contribution in [0.15, 0.2) is 6.20 Å². The van der Waals surface area contributed by atoms with Crippen molar-refractivity contribution in [3.8, 4) is 0 Å². The first-order valence-electron chi connectivity index (χ1n) is 9.54. The van der Waals surface area contributed by atoms with Gasteiger partial charge in [0.25, 0.3) is 0 Å². The second-order valence-electron chi connectivity index (χ2n) is 6.91. The van der Waals surface area contributed by atoms with E-state index in [-0.39, 0.29) is 17.6 Å². The molecule has 0 atom stereocenters. The fourth-order valence-corrected chi connectivity index (χ4v) is 3.15. The number of carbonyl (C=O) groups excluding carboxylic acids is 1. The van der Waals surface area contributed by atoms with E-state index in [2.05, 4.69) is 20.2 Å². The van der Waals surface area contributed by atoms with Crippen molar-refractivity contribution in [3.63, 3.8) is 0 Å². The maximum atomic E-state index is 12.3. The molecule has 1 saturated heterocycles. The summed E-state index contributed by atoms with van der Waals surface area (Å²) in [6.45, 7) is 8.68. The van der Waals surface area contributed by atoms with Gasteiger partial charge in [-0.2, -0.15) is 4.98 Å². The molecule has 27 heavy (non-hydrogen) atoms. The molecule has 0 unspecified atom stereocenters. The summed E-state index contributed by atoms with van der Waals surface area (Å²) < 4.78 is 0. The largest absolute Gasteiger partial charge is 0.361 e. The van der Waals surface area contributed by atoms with Crippen molar-refractivity contribution in [3.05, 3.63) is 16.3 Å². The summed E-state index contributed by atoms with van der Waals surface area (Å²) in [5.41, 5.74) is -0.0888. The molecule has 0 bridgehead atoms. The SMILES string of the molecule is CCN(CC)C(=O)CN1CCN(c2ncc([N+](=O)[O-])c(NC3CC3)n2)CC1. The van der Waals surface area contributed by atoms with Crippen LogP contribution in [0.2, 0.25) is 0 Å². The van der Waals surface area contributed by atoms with Crippen LogP contribution in [0.1, 0.15) is 26.7 Å². The van der Waals surface area contributed by atoms with Crippen LogP contribution in [0.5, 0.6) is 0 Å². The van der Waals surface area contributed by atoms with Gasteiger partial charge in [0, 0.05) is 45.3 Å². The van der Waals surface area contributed by atoms with Crippen molar-refractivity contribution in [2.24, 2.45) is 0 Å². The Balaban J connectivity index is 1.60. The molecule has 0 spiro atoms. The smallest absolute Gasteiger partial charge is 0.329 e. The molecule has 10 nitrogen and oxygen atoms in total. The molecule has 1 saturated carbocycles. The molecule has 0 aromatic carbocycles. The van der Waals surface area contributed by atoms with E-state index < -0.39 is 4.92 Å². The minimum atomic E-state index is -0.453. The van der Waals surface area contributed by atoms with Gasteiger partial charge in [-0.3, -0.25) is 19.8 Å². The Morgan fingerprint density at radius 2 is 1.96 bits per heavy atom. The molecule has 2 aliphatic rings. The molecule has 148 valence electrons. The molecule has 1 amide bonds. The normalized spacial score (nSPS) is 17.6. The summed E-state index contributed by atoms with van der Waals surface area (Å²) >= 11 is 0. The standard InChI is InChI=1S/C17H27N7O3/c1-3-22(4-2)15(25)12-21-7-9-23(10-8-21)17-18-11-14(24(26)27)16(20-17)19-13-5-6-13/h11,13H,3-10,12H2,1-2H3,(H,18,19,20). The Bertz CT molecular complexity index is 683. The van der Waals surface area contributed by atoms with Gasteiger partial charge in [-0.1, -0.05) is 0 Å². The number of rotatable bonds is 8. The minimum Gasteiger partial charge on any atom is -0.361 e. The molecule has 1 aliphatic carbocycles. The monoisotopic (exact) mass is 377 g/mol. The minimum absolute atomic E-state index is 0.0888. The van der Waals surface area contributed by atoms with E-state index in [4.69, 9.17) is 0 Å². The van der Waals surface area contributed by atoms with E-state index >= 15 is 0 Å². The van der Waals surface area contributed by atoms with Crippen LogP contribution in [0.4, 0.5) is 17.5 Å². The molecule has 2 fully saturated rings. The van der Waals surface area contributed by atoms with Crippen LogP contribution >= 0.6 is 0 Å². The second kappa shape index (κ2) is 8.47. The van der Waals surface area contributed by atoms with Crippen LogP contribution in [-0.4, -0.2) is 82.5 Å². The van der Waals surface area contributed by atoms with Gasteiger partial charge in [-0.25, -0.2) is 4.98 Å². The number of aromatic nitrogens is 2. The summed E-state index contributed by atoms with van der Waals surface area (Å²) in [6.07, 6.45) is 3.30. The average molecular weight is 377 g/mol. The van der Waals surface area contributed by atoms with Gasteiger partial charge >= 0.3 is 5.69 Å². The highest BCUT2D eigenvalue weighted by molar-refractivity contribution is 5.78. The number of carbonyl (C=O) groups is 1. The van der Waals surface area contributed by atoms with Gasteiger partial charge in [0.1, 0.15) is 6.20 Å². The first kappa shape index (κ1) is 19.3. The van der Waals surface area contributed by atoms with Crippen molar-refractivity contribution >= 4 is 23.4 Å². The average Bonchev–Trinajstić information content (AvgIpc) is 3.47. The Kier molecular flexibility index (Phi) is 6.04. The van der Waals surface area contributed by atoms with Gasteiger partial charge in [-0.05, 0) is 26.7 Å². The molecule has 1 N–H and O–H groups in total. The Labute approximate surface area is 158 Å². The summed E-state index contributed by atoms with van der Waals surface area (Å²) in [6, 6.07) is 0.273. The van der Waals surface area contributed by atoms with Gasteiger partial charge in [0.2, 0.25) is 17.7 Å². The van der Waals surface area contributed by atoms with Crippen molar-refractivity contribution in [2.75, 3.05) is 56.0 Å². The second-order valence-corrected chi connectivity index (χ2v) is 6.91. The van der Waals surface area contributed by atoms with Gasteiger partial charge < -0.3 is 15.1 Å². The third-order valence-corrected chi connectivity index (χ3v) is 5.00. The molecule has 1 aliphatic heterocycles. The fraction of sp³-hybridized carbons (Fsp3) is 0.706. The zero-order chi connectivity index (χ0) is 19.4. The lowest BCUT2D eigenvalue weighted by Crippen LogP contribution is -2.50. The number of piperazine rings is 1. The molecular weight excluding hydrogens is 350 g/mol. The van der Waals surface area contributed by atoms with Crippen LogP contribution in [-0.2, 0) is 4.79 Å². The Hall–Kier alpha value is -2.49. The van der Waals surface area contributed by atoms with Crippen molar-refractivity contribution < 1.29 is 9.72 Å². The topological polar surface area (TPSA) is 108 Å². The van der Waals surface area contributed by atoms with E-state index in [0.717, 1.165) is 39.0 Å². The fourth-order valence-electron chi connectivity index (χ4n) is 3.15. The number of hydrogen-bond donors (Lipinski definition) is 1. The lowest BCUT2D eigenvalue weighted by molar-refractivity contribution is -0.384. The summed E-state index contributed by atoms with van der Waals surface area (Å²) in [5, 5.41) is 14.3. The lowest BCUT2D eigenvalue weighted by atomic mass is 10.3. The van der Waals surface area contributed by atoms with Crippen LogP contribution in [0.25, 0.3) is 0 Å². The van der Waals surface area contributed by atoms with E-state index in [1.807, 2.05) is 23.6 Å². The Morgan fingerprint density at radius 3 is 2.52 bits per heavy atom. The third kappa shape index (κ3) is 4.82. The number of amides is 1. The number of nitrogens with zero attached hydrogens (tertiary/aromatic N) is 6. The van der Waals surface area contributed by atoms with Crippen LogP contribution in [0, 0.1) is 10.1 Å². The predicted molar refractivity (Wildman–Crippen MR) is 102 cm³/mol. The number of anilines is 2. The van der Waals surface area contributed by atoms with E-state index in [1.165, 1.54) is 6.20 Å². The zero-order valence-electron chi connectivity index (χ0n) is 15.9. The first-order valence-corrected chi connectivity index (χ1v) is 9.54. The molecular formula is C17H27N7O3. The molecule has 1 aromatic rings. The molecule has 3 rings (SSSR count). The number of hydrogen-bond acceptors (Lipinski definition) is 8. The van der Waals surface area contributed by atoms with E-state index in [1.54, 1.807) is 0 Å². The number of likely N-dealkylation sites (N-methyl/N-ethyl adjacent to an activating group) is 1. The predicted octanol–water partition coefficient (Wildman–Crippen LogP) is 0.949. The highest BCUT2D eigenvalue weighted by Crippen LogP contribution is 2.30. The van der Waals surface area contributed by atoms with E-state index in [9.17, 15) is 14.9 Å². The molecule has 10 heteroatoms. The number of nitro groups is 1. The van der Waals surface area contributed by atoms with Crippen molar-refractivity contribution in [1.82, 2.24) is 19.8 Å². The van der Waals surface area contributed by atoms with Crippen LogP contribution < -0.4 is 10.2 Å². The Morgan fingerprint density at radius 1 is 1.30 bits per heavy atom. The summed E-state index contributed by atoms with van der Waals surface area (Å²) in [4.78, 5) is 37.6. The van der Waals surface area contributed by atoms with Crippen LogP contribution in [0.3, 0.4) is 0 Å². The van der Waals surface area contributed by atoms with E-state index in [0.29, 0.717) is 31.4 Å². The maximum Gasteiger partial charge on any atom is 0.329 e. The number of nitrogens with one attached hydrogen (secondary N) is 1. The van der Waals surface area contributed by atoms with Crippen molar-refractivity contribution in [2.45, 2.75) is 32.7 Å². The van der Waals surface area contributed by atoms with Gasteiger partial charge in [0.05, 0.1) is 11.5 Å². The third-order valence-electron chi connectivity index (χ3n) is 5.00. The zero-order valence-corrected chi connectivity index (χ0v) is 15.9. The molecule has 0 radical (unpaired) electrons. The highest BCUT2D eigenvalue weighted by Gasteiger charge is 2.28. The van der Waals surface area contributed by atoms with Crippen molar-refractivity contribution in [1.29, 1.82) is 0 Å². The maximum absolute atomic E-state index is 12.3. The summed E-state index contributed by atoms with van der Waals surface area (Å²) in [7, 11) is 0.